The summed E-state index contributed by atoms with van der Waals surface area (Å²) < 4.78 is 26.0. The molecule has 0 aromatic heterocycles. The van der Waals surface area contributed by atoms with Crippen LogP contribution >= 0.6 is 22.6 Å². The lowest BCUT2D eigenvalue weighted by Crippen LogP contribution is -2.43. The fourth-order valence-electron chi connectivity index (χ4n) is 2.48. The van der Waals surface area contributed by atoms with Crippen LogP contribution in [0.2, 0.25) is 0 Å². The second-order valence-corrected chi connectivity index (χ2v) is 8.45. The number of amides is 1. The van der Waals surface area contributed by atoms with E-state index in [0.29, 0.717) is 5.69 Å². The highest BCUT2D eigenvalue weighted by Gasteiger charge is 2.23. The summed E-state index contributed by atoms with van der Waals surface area (Å²) in [5.41, 5.74) is 0.513. The van der Waals surface area contributed by atoms with Gasteiger partial charge < -0.3 is 5.32 Å². The van der Waals surface area contributed by atoms with E-state index in [2.05, 4.69) is 27.9 Å². The molecule has 1 aromatic rings. The van der Waals surface area contributed by atoms with Gasteiger partial charge in [-0.1, -0.05) is 12.8 Å². The van der Waals surface area contributed by atoms with Gasteiger partial charge in [0.25, 0.3) is 0 Å². The molecule has 7 heteroatoms. The Bertz CT molecular complexity index is 595. The Kier molecular flexibility index (Phi) is 5.48. The third-order valence-electron chi connectivity index (χ3n) is 3.52. The molecule has 21 heavy (non-hydrogen) atoms. The molecule has 1 saturated carbocycles. The average molecular weight is 422 g/mol. The Morgan fingerprint density at radius 2 is 1.86 bits per heavy atom. The lowest BCUT2D eigenvalue weighted by atomic mass is 10.2. The molecule has 0 heterocycles. The topological polar surface area (TPSA) is 66.5 Å². The fraction of sp³-hybridized carbons (Fsp3) is 0.500. The van der Waals surface area contributed by atoms with Gasteiger partial charge in [-0.05, 0) is 59.7 Å². The van der Waals surface area contributed by atoms with Crippen molar-refractivity contribution in [2.24, 2.45) is 0 Å². The molecule has 116 valence electrons. The maximum Gasteiger partial charge on any atom is 0.240 e. The number of nitrogens with one attached hydrogen (secondary N) is 1. The van der Waals surface area contributed by atoms with Crippen molar-refractivity contribution in [2.75, 3.05) is 17.1 Å². The van der Waals surface area contributed by atoms with Crippen LogP contribution in [-0.2, 0) is 14.8 Å². The first-order valence-electron chi connectivity index (χ1n) is 6.89. The van der Waals surface area contributed by atoms with Crippen LogP contribution in [0.5, 0.6) is 0 Å². The molecule has 1 amide bonds. The minimum Gasteiger partial charge on any atom is -0.352 e. The van der Waals surface area contributed by atoms with E-state index in [1.54, 1.807) is 12.1 Å². The zero-order valence-corrected chi connectivity index (χ0v) is 14.9. The van der Waals surface area contributed by atoms with Gasteiger partial charge in [0, 0.05) is 9.61 Å². The zero-order valence-electron chi connectivity index (χ0n) is 11.9. The van der Waals surface area contributed by atoms with Gasteiger partial charge in [0.2, 0.25) is 15.9 Å². The van der Waals surface area contributed by atoms with Crippen molar-refractivity contribution < 1.29 is 13.2 Å². The summed E-state index contributed by atoms with van der Waals surface area (Å²) >= 11 is 2.15. The maximum atomic E-state index is 12.1. The van der Waals surface area contributed by atoms with E-state index in [1.165, 1.54) is 0 Å². The Balaban J connectivity index is 2.09. The van der Waals surface area contributed by atoms with Crippen LogP contribution in [0, 0.1) is 3.57 Å². The summed E-state index contributed by atoms with van der Waals surface area (Å²) in [4.78, 5) is 12.1. The fourth-order valence-corrected chi connectivity index (χ4v) is 3.70. The quantitative estimate of drug-likeness (QED) is 0.740. The highest BCUT2D eigenvalue weighted by atomic mass is 127. The Labute approximate surface area is 139 Å². The Morgan fingerprint density at radius 1 is 1.29 bits per heavy atom. The highest BCUT2D eigenvalue weighted by Crippen LogP contribution is 2.20. The van der Waals surface area contributed by atoms with Gasteiger partial charge in [0.15, 0.2) is 0 Å². The smallest absolute Gasteiger partial charge is 0.240 e. The molecule has 1 aromatic carbocycles. The van der Waals surface area contributed by atoms with Crippen LogP contribution in [0.3, 0.4) is 0 Å². The summed E-state index contributed by atoms with van der Waals surface area (Å²) in [7, 11) is -3.49. The molecule has 1 fully saturated rings. The molecule has 0 unspecified atom stereocenters. The van der Waals surface area contributed by atoms with E-state index < -0.39 is 10.0 Å². The van der Waals surface area contributed by atoms with Crippen LogP contribution in [-0.4, -0.2) is 33.2 Å². The monoisotopic (exact) mass is 422 g/mol. The van der Waals surface area contributed by atoms with Crippen molar-refractivity contribution in [3.63, 3.8) is 0 Å². The van der Waals surface area contributed by atoms with Crippen molar-refractivity contribution in [3.05, 3.63) is 27.8 Å². The van der Waals surface area contributed by atoms with Crippen LogP contribution < -0.4 is 9.62 Å². The number of nitrogens with zero attached hydrogens (tertiary/aromatic N) is 1. The van der Waals surface area contributed by atoms with Crippen molar-refractivity contribution in [3.8, 4) is 0 Å². The molecule has 0 aliphatic heterocycles. The lowest BCUT2D eigenvalue weighted by Gasteiger charge is -2.23. The number of rotatable bonds is 5. The summed E-state index contributed by atoms with van der Waals surface area (Å²) in [5, 5.41) is 2.92. The predicted octanol–water partition coefficient (Wildman–Crippen LogP) is 2.12. The van der Waals surface area contributed by atoms with Gasteiger partial charge >= 0.3 is 0 Å². The van der Waals surface area contributed by atoms with E-state index in [1.807, 2.05) is 12.1 Å². The van der Waals surface area contributed by atoms with Crippen molar-refractivity contribution >= 4 is 44.2 Å². The van der Waals surface area contributed by atoms with E-state index in [9.17, 15) is 13.2 Å². The van der Waals surface area contributed by atoms with Gasteiger partial charge in [-0.3, -0.25) is 9.10 Å². The molecular weight excluding hydrogens is 403 g/mol. The lowest BCUT2D eigenvalue weighted by molar-refractivity contribution is -0.120. The molecule has 0 radical (unpaired) electrons. The first-order valence-corrected chi connectivity index (χ1v) is 9.81. The zero-order chi connectivity index (χ0) is 15.5. The van der Waals surface area contributed by atoms with Crippen LogP contribution in [0.25, 0.3) is 0 Å². The molecule has 0 saturated heterocycles. The molecule has 1 N–H and O–H groups in total. The van der Waals surface area contributed by atoms with Gasteiger partial charge in [0.05, 0.1) is 11.9 Å². The summed E-state index contributed by atoms with van der Waals surface area (Å²) in [6, 6.07) is 7.26. The third kappa shape index (κ3) is 4.84. The van der Waals surface area contributed by atoms with Gasteiger partial charge in [-0.2, -0.15) is 0 Å². The van der Waals surface area contributed by atoms with E-state index in [0.717, 1.165) is 39.8 Å². The summed E-state index contributed by atoms with van der Waals surface area (Å²) in [6.07, 6.45) is 5.33. The second kappa shape index (κ2) is 6.95. The number of anilines is 1. The summed E-state index contributed by atoms with van der Waals surface area (Å²) in [6.45, 7) is -0.171. The van der Waals surface area contributed by atoms with Gasteiger partial charge in [-0.15, -0.1) is 0 Å². The number of halogens is 1. The predicted molar refractivity (Wildman–Crippen MR) is 91.7 cm³/mol. The molecular formula is C14H19IN2O3S. The molecule has 0 spiro atoms. The first kappa shape index (κ1) is 16.5. The highest BCUT2D eigenvalue weighted by molar-refractivity contribution is 14.1. The number of benzene rings is 1. The maximum absolute atomic E-state index is 12.1. The van der Waals surface area contributed by atoms with Crippen LogP contribution in [0.4, 0.5) is 5.69 Å². The average Bonchev–Trinajstić information content (AvgIpc) is 2.89. The van der Waals surface area contributed by atoms with E-state index in [4.69, 9.17) is 0 Å². The van der Waals surface area contributed by atoms with Crippen LogP contribution in [0.15, 0.2) is 24.3 Å². The summed E-state index contributed by atoms with van der Waals surface area (Å²) in [5.74, 6) is -0.245. The number of hydrogen-bond acceptors (Lipinski definition) is 3. The largest absolute Gasteiger partial charge is 0.352 e. The molecule has 1 aliphatic carbocycles. The normalized spacial score (nSPS) is 15.9. The van der Waals surface area contributed by atoms with E-state index >= 15 is 0 Å². The Morgan fingerprint density at radius 3 is 2.38 bits per heavy atom. The number of sulfonamides is 1. The first-order chi connectivity index (χ1) is 9.86. The van der Waals surface area contributed by atoms with Gasteiger partial charge in [0.1, 0.15) is 6.54 Å². The number of carbonyl (C=O) groups is 1. The minimum atomic E-state index is -3.49. The number of carbonyl (C=O) groups excluding carboxylic acids is 1. The van der Waals surface area contributed by atoms with Crippen LogP contribution in [0.1, 0.15) is 25.7 Å². The van der Waals surface area contributed by atoms with Gasteiger partial charge in [-0.25, -0.2) is 8.42 Å². The third-order valence-corrected chi connectivity index (χ3v) is 5.38. The number of hydrogen-bond donors (Lipinski definition) is 1. The standard InChI is InChI=1S/C14H19IN2O3S/c1-21(19,20)17(13-8-6-11(15)7-9-13)10-14(18)16-12-4-2-3-5-12/h6-9,12H,2-5,10H2,1H3,(H,16,18). The van der Waals surface area contributed by atoms with Crippen molar-refractivity contribution in [1.82, 2.24) is 5.32 Å². The molecule has 1 aliphatic rings. The van der Waals surface area contributed by atoms with E-state index in [-0.39, 0.29) is 18.5 Å². The second-order valence-electron chi connectivity index (χ2n) is 5.29. The molecule has 2 rings (SSSR count). The molecule has 0 bridgehead atoms. The molecule has 0 atom stereocenters. The van der Waals surface area contributed by atoms with Crippen molar-refractivity contribution in [1.29, 1.82) is 0 Å². The molecule has 5 nitrogen and oxygen atoms in total. The Hall–Kier alpha value is -0.830. The minimum absolute atomic E-state index is 0.171. The van der Waals surface area contributed by atoms with Crippen molar-refractivity contribution in [2.45, 2.75) is 31.7 Å². The SMILES string of the molecule is CS(=O)(=O)N(CC(=O)NC1CCCC1)c1ccc(I)cc1.